The van der Waals surface area contributed by atoms with Gasteiger partial charge in [0.25, 0.3) is 0 Å². The highest BCUT2D eigenvalue weighted by atomic mass is 32.2. The normalized spacial score (nSPS) is 12.9. The van der Waals surface area contributed by atoms with E-state index in [1.807, 2.05) is 6.92 Å². The molecule has 8 heteroatoms. The van der Waals surface area contributed by atoms with E-state index in [-0.39, 0.29) is 5.82 Å². The molecule has 6 nitrogen and oxygen atoms in total. The molecule has 1 atom stereocenters. The van der Waals surface area contributed by atoms with E-state index in [1.165, 1.54) is 19.1 Å². The Kier molecular flexibility index (Phi) is 4.32. The minimum atomic E-state index is -3.49. The minimum Gasteiger partial charge on any atom is -0.308 e. The molecule has 0 saturated heterocycles. The van der Waals surface area contributed by atoms with Crippen LogP contribution >= 0.6 is 0 Å². The fraction of sp³-hybridized carbons (Fsp3) is 0.286. The van der Waals surface area contributed by atoms with Crippen LogP contribution in [0.4, 0.5) is 10.2 Å². The third-order valence-corrected chi connectivity index (χ3v) is 4.75. The van der Waals surface area contributed by atoms with Crippen molar-refractivity contribution in [2.24, 2.45) is 0 Å². The predicted molar refractivity (Wildman–Crippen MR) is 81.7 cm³/mol. The summed E-state index contributed by atoms with van der Waals surface area (Å²) in [6, 6.07) is 6.08. The monoisotopic (exact) mass is 325 g/mol. The van der Waals surface area contributed by atoms with Crippen LogP contribution in [0.5, 0.6) is 0 Å². The number of anilines is 1. The maximum absolute atomic E-state index is 13.8. The van der Waals surface area contributed by atoms with Gasteiger partial charge in [0.15, 0.2) is 15.7 Å². The van der Waals surface area contributed by atoms with Gasteiger partial charge in [-0.05, 0) is 26.0 Å². The molecule has 0 spiro atoms. The van der Waals surface area contributed by atoms with Gasteiger partial charge in [-0.25, -0.2) is 12.8 Å². The van der Waals surface area contributed by atoms with E-state index in [9.17, 15) is 17.6 Å². The number of aryl methyl sites for hydroxylation is 1. The molecule has 1 heterocycles. The molecule has 2 aromatic rings. The first-order valence-electron chi connectivity index (χ1n) is 6.50. The van der Waals surface area contributed by atoms with Crippen LogP contribution in [0.3, 0.4) is 0 Å². The molecular formula is C14H16FN3O3S. The first-order chi connectivity index (χ1) is 10.2. The topological polar surface area (TPSA) is 91.9 Å². The molecule has 0 saturated carbocycles. The molecule has 0 bridgehead atoms. The van der Waals surface area contributed by atoms with Gasteiger partial charge in [-0.2, -0.15) is 5.10 Å². The highest BCUT2D eigenvalue weighted by Gasteiger charge is 2.24. The zero-order valence-electron chi connectivity index (χ0n) is 12.3. The number of sulfone groups is 1. The van der Waals surface area contributed by atoms with Crippen molar-refractivity contribution in [3.05, 3.63) is 35.6 Å². The standard InChI is InChI=1S/C14H16FN3O3S/c1-8-4-5-11(15)10(6-8)12-7-13(18-17-12)16-14(19)9(2)22(3,20)21/h4-7,9H,1-3H3,(H2,16,17,18,19). The number of benzene rings is 1. The number of amides is 1. The summed E-state index contributed by atoms with van der Waals surface area (Å²) in [5, 5.41) is 7.67. The molecule has 22 heavy (non-hydrogen) atoms. The molecule has 0 aliphatic rings. The summed E-state index contributed by atoms with van der Waals surface area (Å²) in [5.41, 5.74) is 1.59. The summed E-state index contributed by atoms with van der Waals surface area (Å²) in [6.07, 6.45) is 0.981. The molecule has 2 N–H and O–H groups in total. The highest BCUT2D eigenvalue weighted by Crippen LogP contribution is 2.24. The van der Waals surface area contributed by atoms with Crippen molar-refractivity contribution < 1.29 is 17.6 Å². The summed E-state index contributed by atoms with van der Waals surface area (Å²) >= 11 is 0. The number of nitrogens with one attached hydrogen (secondary N) is 2. The fourth-order valence-corrected chi connectivity index (χ4v) is 2.24. The average molecular weight is 325 g/mol. The van der Waals surface area contributed by atoms with Crippen molar-refractivity contribution in [2.45, 2.75) is 19.1 Å². The van der Waals surface area contributed by atoms with Gasteiger partial charge in [-0.3, -0.25) is 9.89 Å². The Labute approximate surface area is 127 Å². The first kappa shape index (κ1) is 16.2. The summed E-state index contributed by atoms with van der Waals surface area (Å²) in [6.45, 7) is 3.12. The number of carbonyl (C=O) groups excluding carboxylic acids is 1. The Morgan fingerprint density at radius 2 is 2.05 bits per heavy atom. The number of rotatable bonds is 4. The largest absolute Gasteiger partial charge is 0.308 e. The number of halogens is 1. The second kappa shape index (κ2) is 5.88. The SMILES string of the molecule is Cc1ccc(F)c(-c2cc(NC(=O)C(C)S(C)(=O)=O)n[nH]2)c1. The summed E-state index contributed by atoms with van der Waals surface area (Å²) in [5.74, 6) is -0.974. The van der Waals surface area contributed by atoms with Gasteiger partial charge in [0.1, 0.15) is 11.1 Å². The smallest absolute Gasteiger partial charge is 0.243 e. The number of H-pyrrole nitrogens is 1. The Morgan fingerprint density at radius 1 is 1.36 bits per heavy atom. The van der Waals surface area contributed by atoms with Crippen LogP contribution < -0.4 is 5.32 Å². The zero-order chi connectivity index (χ0) is 16.5. The lowest BCUT2D eigenvalue weighted by atomic mass is 10.1. The van der Waals surface area contributed by atoms with Crippen LogP contribution in [0.15, 0.2) is 24.3 Å². The lowest BCUT2D eigenvalue weighted by molar-refractivity contribution is -0.115. The summed E-state index contributed by atoms with van der Waals surface area (Å²) in [4.78, 5) is 11.8. The van der Waals surface area contributed by atoms with E-state index < -0.39 is 26.8 Å². The quantitative estimate of drug-likeness (QED) is 0.898. The van der Waals surface area contributed by atoms with Crippen molar-refractivity contribution >= 4 is 21.6 Å². The molecule has 1 aromatic carbocycles. The van der Waals surface area contributed by atoms with E-state index in [0.717, 1.165) is 11.8 Å². The maximum atomic E-state index is 13.8. The molecule has 0 aliphatic heterocycles. The number of carbonyl (C=O) groups is 1. The van der Waals surface area contributed by atoms with Crippen molar-refractivity contribution in [1.29, 1.82) is 0 Å². The summed E-state index contributed by atoms with van der Waals surface area (Å²) in [7, 11) is -3.49. The second-order valence-electron chi connectivity index (χ2n) is 5.11. The van der Waals surface area contributed by atoms with Crippen LogP contribution in [-0.4, -0.2) is 36.0 Å². The van der Waals surface area contributed by atoms with Crippen molar-refractivity contribution in [2.75, 3.05) is 11.6 Å². The Hall–Kier alpha value is -2.22. The molecule has 2 rings (SSSR count). The third-order valence-electron chi connectivity index (χ3n) is 3.25. The molecule has 118 valence electrons. The van der Waals surface area contributed by atoms with Gasteiger partial charge in [0.2, 0.25) is 5.91 Å². The van der Waals surface area contributed by atoms with E-state index in [0.29, 0.717) is 11.3 Å². The van der Waals surface area contributed by atoms with Crippen molar-refractivity contribution in [3.8, 4) is 11.3 Å². The van der Waals surface area contributed by atoms with Gasteiger partial charge in [-0.1, -0.05) is 11.6 Å². The third kappa shape index (κ3) is 3.51. The Balaban J connectivity index is 2.22. The maximum Gasteiger partial charge on any atom is 0.243 e. The molecule has 0 aliphatic carbocycles. The number of hydrogen-bond acceptors (Lipinski definition) is 4. The van der Waals surface area contributed by atoms with Crippen molar-refractivity contribution in [3.63, 3.8) is 0 Å². The molecular weight excluding hydrogens is 309 g/mol. The van der Waals surface area contributed by atoms with Gasteiger partial charge in [-0.15, -0.1) is 0 Å². The number of aromatic nitrogens is 2. The lowest BCUT2D eigenvalue weighted by Gasteiger charge is -2.07. The fourth-order valence-electron chi connectivity index (χ4n) is 1.79. The van der Waals surface area contributed by atoms with Gasteiger partial charge >= 0.3 is 0 Å². The number of hydrogen-bond donors (Lipinski definition) is 2. The minimum absolute atomic E-state index is 0.136. The van der Waals surface area contributed by atoms with E-state index >= 15 is 0 Å². The van der Waals surface area contributed by atoms with E-state index in [1.54, 1.807) is 12.1 Å². The van der Waals surface area contributed by atoms with Gasteiger partial charge < -0.3 is 5.32 Å². The lowest BCUT2D eigenvalue weighted by Crippen LogP contribution is -2.31. The number of nitrogens with zero attached hydrogens (tertiary/aromatic N) is 1. The van der Waals surface area contributed by atoms with E-state index in [4.69, 9.17) is 0 Å². The van der Waals surface area contributed by atoms with E-state index in [2.05, 4.69) is 15.5 Å². The van der Waals surface area contributed by atoms with Gasteiger partial charge in [0, 0.05) is 17.9 Å². The molecule has 1 aromatic heterocycles. The highest BCUT2D eigenvalue weighted by molar-refractivity contribution is 7.92. The van der Waals surface area contributed by atoms with Crippen molar-refractivity contribution in [1.82, 2.24) is 10.2 Å². The zero-order valence-corrected chi connectivity index (χ0v) is 13.2. The Bertz CT molecular complexity index is 814. The second-order valence-corrected chi connectivity index (χ2v) is 7.48. The van der Waals surface area contributed by atoms with Crippen LogP contribution in [0.2, 0.25) is 0 Å². The molecule has 0 fully saturated rings. The van der Waals surface area contributed by atoms with Crippen LogP contribution in [0, 0.1) is 12.7 Å². The summed E-state index contributed by atoms with van der Waals surface area (Å²) < 4.78 is 36.5. The molecule has 1 unspecified atom stereocenters. The van der Waals surface area contributed by atoms with Crippen LogP contribution in [0.1, 0.15) is 12.5 Å². The van der Waals surface area contributed by atoms with Gasteiger partial charge in [0.05, 0.1) is 5.69 Å². The Morgan fingerprint density at radius 3 is 2.68 bits per heavy atom. The first-order valence-corrected chi connectivity index (χ1v) is 8.45. The average Bonchev–Trinajstić information content (AvgIpc) is 2.87. The number of aromatic amines is 1. The van der Waals surface area contributed by atoms with Crippen LogP contribution in [0.25, 0.3) is 11.3 Å². The predicted octanol–water partition coefficient (Wildman–Crippen LogP) is 1.90. The molecule has 1 amide bonds. The molecule has 0 radical (unpaired) electrons. The van der Waals surface area contributed by atoms with Crippen LogP contribution in [-0.2, 0) is 14.6 Å².